The van der Waals surface area contributed by atoms with Crippen molar-refractivity contribution >= 4 is 34.3 Å². The third-order valence-electron chi connectivity index (χ3n) is 5.63. The molecule has 1 atom stereocenters. The van der Waals surface area contributed by atoms with Gasteiger partial charge in [0.2, 0.25) is 0 Å². The molecular formula is C24H26FN3O3S. The first-order valence-corrected chi connectivity index (χ1v) is 11.6. The number of thioether (sulfide) groups is 1. The summed E-state index contributed by atoms with van der Waals surface area (Å²) < 4.78 is 24.9. The monoisotopic (exact) mass is 455 g/mol. The van der Waals surface area contributed by atoms with Gasteiger partial charge in [-0.25, -0.2) is 4.39 Å². The Bertz CT molecular complexity index is 1130. The Kier molecular flexibility index (Phi) is 6.69. The Labute approximate surface area is 191 Å². The average Bonchev–Trinajstić information content (AvgIpc) is 2.83. The largest absolute Gasteiger partial charge is 0.493 e. The Balaban J connectivity index is 1.75. The van der Waals surface area contributed by atoms with Crippen LogP contribution >= 0.6 is 11.8 Å². The van der Waals surface area contributed by atoms with Crippen molar-refractivity contribution in [3.8, 4) is 11.5 Å². The number of aromatic nitrogens is 1. The van der Waals surface area contributed by atoms with Crippen LogP contribution in [0.2, 0.25) is 0 Å². The Morgan fingerprint density at radius 3 is 2.59 bits per heavy atom. The first-order chi connectivity index (χ1) is 15.5. The lowest BCUT2D eigenvalue weighted by Gasteiger charge is -2.28. The van der Waals surface area contributed by atoms with Crippen LogP contribution in [-0.4, -0.2) is 54.6 Å². The van der Waals surface area contributed by atoms with Gasteiger partial charge in [0.05, 0.1) is 31.0 Å². The van der Waals surface area contributed by atoms with Crippen LogP contribution in [0.5, 0.6) is 11.5 Å². The molecule has 1 N–H and O–H groups in total. The molecule has 2 heterocycles. The number of methoxy groups -OCH3 is 2. The summed E-state index contributed by atoms with van der Waals surface area (Å²) in [5.41, 5.74) is 2.60. The molecule has 8 heteroatoms. The number of anilines is 1. The van der Waals surface area contributed by atoms with Gasteiger partial charge in [-0.1, -0.05) is 6.07 Å². The lowest BCUT2D eigenvalue weighted by molar-refractivity contribution is 0.0773. The highest BCUT2D eigenvalue weighted by molar-refractivity contribution is 7.99. The summed E-state index contributed by atoms with van der Waals surface area (Å²) in [6, 6.07) is 9.91. The predicted octanol–water partition coefficient (Wildman–Crippen LogP) is 4.75. The summed E-state index contributed by atoms with van der Waals surface area (Å²) >= 11 is 1.84. The first kappa shape index (κ1) is 22.2. The van der Waals surface area contributed by atoms with Crippen LogP contribution in [0.25, 0.3) is 10.9 Å². The molecule has 1 aliphatic heterocycles. The van der Waals surface area contributed by atoms with Crippen molar-refractivity contribution in [2.45, 2.75) is 13.0 Å². The minimum Gasteiger partial charge on any atom is -0.493 e. The predicted molar refractivity (Wildman–Crippen MR) is 127 cm³/mol. The van der Waals surface area contributed by atoms with Gasteiger partial charge in [-0.2, -0.15) is 11.8 Å². The van der Waals surface area contributed by atoms with Crippen LogP contribution in [0, 0.1) is 5.82 Å². The second-order valence-electron chi connectivity index (χ2n) is 7.59. The van der Waals surface area contributed by atoms with Crippen molar-refractivity contribution in [3.05, 3.63) is 59.5 Å². The smallest absolute Gasteiger partial charge is 0.257 e. The molecule has 3 aromatic rings. The van der Waals surface area contributed by atoms with Gasteiger partial charge in [-0.3, -0.25) is 9.78 Å². The fourth-order valence-electron chi connectivity index (χ4n) is 3.84. The van der Waals surface area contributed by atoms with Gasteiger partial charge >= 0.3 is 0 Å². The maximum absolute atomic E-state index is 14.2. The van der Waals surface area contributed by atoms with Gasteiger partial charge in [-0.15, -0.1) is 0 Å². The molecule has 1 saturated heterocycles. The van der Waals surface area contributed by atoms with E-state index in [4.69, 9.17) is 9.47 Å². The highest BCUT2D eigenvalue weighted by atomic mass is 32.2. The Hall–Kier alpha value is -3.00. The molecule has 0 spiro atoms. The highest BCUT2D eigenvalue weighted by Crippen LogP contribution is 2.34. The van der Waals surface area contributed by atoms with Gasteiger partial charge in [0.25, 0.3) is 5.91 Å². The van der Waals surface area contributed by atoms with E-state index in [1.165, 1.54) is 12.1 Å². The number of nitrogens with zero attached hydrogens (tertiary/aromatic N) is 2. The van der Waals surface area contributed by atoms with E-state index >= 15 is 0 Å². The molecule has 0 aliphatic carbocycles. The van der Waals surface area contributed by atoms with E-state index in [1.807, 2.05) is 41.8 Å². The zero-order chi connectivity index (χ0) is 22.7. The average molecular weight is 456 g/mol. The van der Waals surface area contributed by atoms with Crippen LogP contribution in [0.1, 0.15) is 28.9 Å². The number of carbonyl (C=O) groups excluding carboxylic acids is 1. The maximum atomic E-state index is 14.2. The SMILES string of the molecule is COc1ccc(C(C)Nc2c(C(=O)N3CCSCC3)cnc3ccc(F)cc23)cc1OC. The third-order valence-corrected chi connectivity index (χ3v) is 6.57. The molecule has 1 amide bonds. The van der Waals surface area contributed by atoms with Crippen LogP contribution < -0.4 is 14.8 Å². The summed E-state index contributed by atoms with van der Waals surface area (Å²) in [4.78, 5) is 19.6. The Morgan fingerprint density at radius 1 is 1.12 bits per heavy atom. The standard InChI is InChI=1S/C24H26FN3O3S/c1-15(16-4-7-21(30-2)22(12-16)31-3)27-23-18-13-17(25)5-6-20(18)26-14-19(23)24(29)28-8-10-32-11-9-28/h4-7,12-15H,8-11H2,1-3H3,(H,26,27). The van der Waals surface area contributed by atoms with E-state index in [2.05, 4.69) is 10.3 Å². The van der Waals surface area contributed by atoms with E-state index in [0.717, 1.165) is 17.1 Å². The Morgan fingerprint density at radius 2 is 1.88 bits per heavy atom. The van der Waals surface area contributed by atoms with Gasteiger partial charge in [0, 0.05) is 42.2 Å². The summed E-state index contributed by atoms with van der Waals surface area (Å²) in [7, 11) is 3.18. The van der Waals surface area contributed by atoms with Gasteiger partial charge in [-0.05, 0) is 42.8 Å². The molecule has 0 radical (unpaired) electrons. The molecule has 1 aliphatic rings. The molecule has 1 unspecified atom stereocenters. The van der Waals surface area contributed by atoms with Crippen molar-refractivity contribution in [1.82, 2.24) is 9.88 Å². The zero-order valence-electron chi connectivity index (χ0n) is 18.4. The van der Waals surface area contributed by atoms with E-state index in [1.54, 1.807) is 26.5 Å². The quantitative estimate of drug-likeness (QED) is 0.579. The van der Waals surface area contributed by atoms with E-state index < -0.39 is 0 Å². The van der Waals surface area contributed by atoms with Crippen LogP contribution in [0.4, 0.5) is 10.1 Å². The minimum atomic E-state index is -0.375. The van der Waals surface area contributed by atoms with Crippen LogP contribution in [0.15, 0.2) is 42.6 Å². The number of carbonyl (C=O) groups is 1. The van der Waals surface area contributed by atoms with E-state index in [-0.39, 0.29) is 17.8 Å². The van der Waals surface area contributed by atoms with E-state index in [9.17, 15) is 9.18 Å². The van der Waals surface area contributed by atoms with Crippen molar-refractivity contribution in [1.29, 1.82) is 0 Å². The number of fused-ring (bicyclic) bond motifs is 1. The molecule has 168 valence electrons. The number of amides is 1. The third kappa shape index (κ3) is 4.46. The lowest BCUT2D eigenvalue weighted by Crippen LogP contribution is -2.38. The van der Waals surface area contributed by atoms with Crippen LogP contribution in [-0.2, 0) is 0 Å². The number of pyridine rings is 1. The van der Waals surface area contributed by atoms with Gasteiger partial charge in [0.15, 0.2) is 11.5 Å². The number of benzene rings is 2. The number of ether oxygens (including phenoxy) is 2. The molecule has 2 aromatic carbocycles. The fourth-order valence-corrected chi connectivity index (χ4v) is 4.74. The van der Waals surface area contributed by atoms with Gasteiger partial charge in [0.1, 0.15) is 5.82 Å². The van der Waals surface area contributed by atoms with Crippen molar-refractivity contribution in [3.63, 3.8) is 0 Å². The molecule has 0 bridgehead atoms. The summed E-state index contributed by atoms with van der Waals surface area (Å²) in [5, 5.41) is 4.03. The first-order valence-electron chi connectivity index (χ1n) is 10.5. The number of rotatable bonds is 6. The topological polar surface area (TPSA) is 63.7 Å². The lowest BCUT2D eigenvalue weighted by atomic mass is 10.0. The zero-order valence-corrected chi connectivity index (χ0v) is 19.2. The number of hydrogen-bond acceptors (Lipinski definition) is 6. The minimum absolute atomic E-state index is 0.0917. The maximum Gasteiger partial charge on any atom is 0.257 e. The second kappa shape index (κ2) is 9.65. The highest BCUT2D eigenvalue weighted by Gasteiger charge is 2.24. The summed E-state index contributed by atoms with van der Waals surface area (Å²) in [5.74, 6) is 2.61. The molecule has 1 aromatic heterocycles. The molecule has 1 fully saturated rings. The van der Waals surface area contributed by atoms with E-state index in [0.29, 0.717) is 46.7 Å². The second-order valence-corrected chi connectivity index (χ2v) is 8.82. The molecule has 4 rings (SSSR count). The number of nitrogens with one attached hydrogen (secondary N) is 1. The molecule has 32 heavy (non-hydrogen) atoms. The summed E-state index contributed by atoms with van der Waals surface area (Å²) in [6.45, 7) is 3.36. The van der Waals surface area contributed by atoms with Crippen molar-refractivity contribution < 1.29 is 18.7 Å². The molecule has 6 nitrogen and oxygen atoms in total. The molecule has 0 saturated carbocycles. The number of hydrogen-bond donors (Lipinski definition) is 1. The van der Waals surface area contributed by atoms with Crippen molar-refractivity contribution in [2.75, 3.05) is 44.1 Å². The van der Waals surface area contributed by atoms with Crippen molar-refractivity contribution in [2.24, 2.45) is 0 Å². The fraction of sp³-hybridized carbons (Fsp3) is 0.333. The normalized spacial score (nSPS) is 14.8. The molecular weight excluding hydrogens is 429 g/mol. The van der Waals surface area contributed by atoms with Crippen LogP contribution in [0.3, 0.4) is 0 Å². The van der Waals surface area contributed by atoms with Gasteiger partial charge < -0.3 is 19.7 Å². The summed E-state index contributed by atoms with van der Waals surface area (Å²) in [6.07, 6.45) is 1.59. The number of halogens is 1.